The Labute approximate surface area is 124 Å². The molecule has 0 amide bonds. The molecule has 2 aromatic rings. The number of Topliss-reactive ketones (excluding diaryl/α,β-unsaturated/α-hetero) is 1. The first-order valence-corrected chi connectivity index (χ1v) is 8.01. The lowest BCUT2D eigenvalue weighted by atomic mass is 9.62. The van der Waals surface area contributed by atoms with Crippen LogP contribution < -0.4 is 0 Å². The maximum atomic E-state index is 12.5. The lowest BCUT2D eigenvalue weighted by molar-refractivity contribution is 0.0940. The summed E-state index contributed by atoms with van der Waals surface area (Å²) in [7, 11) is 0. The molecule has 2 unspecified atom stereocenters. The van der Waals surface area contributed by atoms with E-state index in [1.807, 2.05) is 0 Å². The first-order valence-electron chi connectivity index (χ1n) is 8.01. The van der Waals surface area contributed by atoms with Crippen LogP contribution in [0.3, 0.4) is 0 Å². The van der Waals surface area contributed by atoms with Crippen LogP contribution in [0.1, 0.15) is 48.0 Å². The van der Waals surface area contributed by atoms with Crippen LogP contribution in [0.15, 0.2) is 48.0 Å². The highest BCUT2D eigenvalue weighted by atomic mass is 16.1. The number of carbonyl (C=O) groups excluding carboxylic acids is 1. The van der Waals surface area contributed by atoms with Gasteiger partial charge in [-0.2, -0.15) is 0 Å². The Balaban J connectivity index is 1.81. The zero-order valence-electron chi connectivity index (χ0n) is 12.1. The average molecular weight is 274 g/mol. The van der Waals surface area contributed by atoms with Crippen molar-refractivity contribution in [1.29, 1.82) is 0 Å². The summed E-state index contributed by atoms with van der Waals surface area (Å²) in [4.78, 5) is 12.5. The summed E-state index contributed by atoms with van der Waals surface area (Å²) in [5.41, 5.74) is 4.25. The van der Waals surface area contributed by atoms with Gasteiger partial charge in [0.2, 0.25) is 0 Å². The molecule has 2 atom stereocenters. The lowest BCUT2D eigenvalue weighted by Gasteiger charge is -2.41. The van der Waals surface area contributed by atoms with E-state index >= 15 is 0 Å². The van der Waals surface area contributed by atoms with Crippen LogP contribution >= 0.6 is 0 Å². The molecule has 0 aromatic heterocycles. The number of carbonyl (C=O) groups is 1. The predicted molar refractivity (Wildman–Crippen MR) is 84.6 cm³/mol. The number of ketones is 1. The molecule has 0 heterocycles. The van der Waals surface area contributed by atoms with Gasteiger partial charge in [0, 0.05) is 17.4 Å². The Morgan fingerprint density at radius 3 is 2.62 bits per heavy atom. The van der Waals surface area contributed by atoms with Crippen LogP contribution in [-0.4, -0.2) is 5.78 Å². The van der Waals surface area contributed by atoms with Crippen LogP contribution in [0, 0.1) is 5.92 Å². The highest BCUT2D eigenvalue weighted by molar-refractivity contribution is 6.03. The lowest BCUT2D eigenvalue weighted by Crippen LogP contribution is -2.37. The van der Waals surface area contributed by atoms with Gasteiger partial charge in [0.25, 0.3) is 0 Å². The SMILES string of the molecule is O=C1CCC2(CC3=CCC2C3)c2cc3ccccc3cc21. The number of allylic oxidation sites excluding steroid dienone is 2. The minimum absolute atomic E-state index is 0.261. The zero-order chi connectivity index (χ0) is 14.0. The van der Waals surface area contributed by atoms with Crippen molar-refractivity contribution in [3.05, 3.63) is 59.2 Å². The summed E-state index contributed by atoms with van der Waals surface area (Å²) < 4.78 is 0. The van der Waals surface area contributed by atoms with E-state index in [1.54, 1.807) is 5.57 Å². The van der Waals surface area contributed by atoms with Crippen molar-refractivity contribution in [2.24, 2.45) is 5.92 Å². The molecule has 1 fully saturated rings. The molecule has 2 bridgehead atoms. The standard InChI is InChI=1S/C20H18O/c21-19-7-8-20(12-13-5-6-16(20)9-13)18-11-15-4-2-1-3-14(15)10-17(18)19/h1-5,10-11,16H,6-9,12H2. The fourth-order valence-electron chi connectivity index (χ4n) is 5.00. The first kappa shape index (κ1) is 11.7. The van der Waals surface area contributed by atoms with E-state index in [9.17, 15) is 4.79 Å². The highest BCUT2D eigenvalue weighted by Crippen LogP contribution is 2.58. The van der Waals surface area contributed by atoms with E-state index < -0.39 is 0 Å². The molecule has 1 spiro atoms. The van der Waals surface area contributed by atoms with Gasteiger partial charge in [-0.05, 0) is 60.1 Å². The number of fused-ring (bicyclic) bond motifs is 6. The third kappa shape index (κ3) is 1.44. The molecule has 3 aliphatic rings. The van der Waals surface area contributed by atoms with Gasteiger partial charge < -0.3 is 0 Å². The second kappa shape index (κ2) is 3.85. The third-order valence-electron chi connectivity index (χ3n) is 6.04. The summed E-state index contributed by atoms with van der Waals surface area (Å²) in [5.74, 6) is 1.08. The summed E-state index contributed by atoms with van der Waals surface area (Å²) in [5, 5.41) is 2.48. The molecule has 0 N–H and O–H groups in total. The van der Waals surface area contributed by atoms with Crippen LogP contribution in [-0.2, 0) is 5.41 Å². The van der Waals surface area contributed by atoms with E-state index in [0.29, 0.717) is 5.78 Å². The van der Waals surface area contributed by atoms with Crippen molar-refractivity contribution >= 4 is 16.6 Å². The van der Waals surface area contributed by atoms with Gasteiger partial charge in [0.1, 0.15) is 0 Å². The van der Waals surface area contributed by atoms with Gasteiger partial charge in [-0.3, -0.25) is 4.79 Å². The second-order valence-electron chi connectivity index (χ2n) is 7.00. The van der Waals surface area contributed by atoms with E-state index in [2.05, 4.69) is 42.5 Å². The average Bonchev–Trinajstić information content (AvgIpc) is 3.11. The Morgan fingerprint density at radius 2 is 1.90 bits per heavy atom. The van der Waals surface area contributed by atoms with Gasteiger partial charge in [0.05, 0.1) is 0 Å². The molecular weight excluding hydrogens is 256 g/mol. The van der Waals surface area contributed by atoms with E-state index in [4.69, 9.17) is 0 Å². The number of hydrogen-bond donors (Lipinski definition) is 0. The van der Waals surface area contributed by atoms with E-state index in [-0.39, 0.29) is 5.41 Å². The van der Waals surface area contributed by atoms with Crippen LogP contribution in [0.4, 0.5) is 0 Å². The number of rotatable bonds is 0. The van der Waals surface area contributed by atoms with Crippen LogP contribution in [0.25, 0.3) is 10.8 Å². The summed E-state index contributed by atoms with van der Waals surface area (Å²) in [6.07, 6.45) is 7.90. The molecule has 0 aliphatic heterocycles. The van der Waals surface area contributed by atoms with E-state index in [1.165, 1.54) is 35.6 Å². The van der Waals surface area contributed by atoms with Crippen LogP contribution in [0.2, 0.25) is 0 Å². The topological polar surface area (TPSA) is 17.1 Å². The zero-order valence-corrected chi connectivity index (χ0v) is 12.1. The first-order chi connectivity index (χ1) is 10.3. The maximum Gasteiger partial charge on any atom is 0.163 e. The molecule has 1 heteroatoms. The summed E-state index contributed by atoms with van der Waals surface area (Å²) >= 11 is 0. The molecule has 0 radical (unpaired) electrons. The highest BCUT2D eigenvalue weighted by Gasteiger charge is 2.51. The van der Waals surface area contributed by atoms with Crippen molar-refractivity contribution in [3.8, 4) is 0 Å². The Bertz CT molecular complexity index is 814. The van der Waals surface area contributed by atoms with Gasteiger partial charge in [-0.1, -0.05) is 35.9 Å². The molecule has 21 heavy (non-hydrogen) atoms. The minimum atomic E-state index is 0.261. The molecule has 3 aliphatic carbocycles. The van der Waals surface area contributed by atoms with Gasteiger partial charge in [0.15, 0.2) is 5.78 Å². The summed E-state index contributed by atoms with van der Waals surface area (Å²) in [6, 6.07) is 12.9. The third-order valence-corrected chi connectivity index (χ3v) is 6.04. The number of benzene rings is 2. The largest absolute Gasteiger partial charge is 0.294 e. The Hall–Kier alpha value is -1.89. The normalized spacial score (nSPS) is 30.0. The van der Waals surface area contributed by atoms with Crippen LogP contribution in [0.5, 0.6) is 0 Å². The predicted octanol–water partition coefficient (Wildman–Crippen LogP) is 4.79. The quantitative estimate of drug-likeness (QED) is 0.631. The monoisotopic (exact) mass is 274 g/mol. The van der Waals surface area contributed by atoms with Crippen molar-refractivity contribution < 1.29 is 4.79 Å². The fourth-order valence-corrected chi connectivity index (χ4v) is 5.00. The minimum Gasteiger partial charge on any atom is -0.294 e. The fraction of sp³-hybridized carbons (Fsp3) is 0.350. The van der Waals surface area contributed by atoms with Gasteiger partial charge >= 0.3 is 0 Å². The Kier molecular flexibility index (Phi) is 2.15. The van der Waals surface area contributed by atoms with E-state index in [0.717, 1.165) is 24.3 Å². The van der Waals surface area contributed by atoms with Crippen molar-refractivity contribution in [3.63, 3.8) is 0 Å². The molecular formula is C20H18O. The molecule has 1 saturated carbocycles. The van der Waals surface area contributed by atoms with Gasteiger partial charge in [-0.25, -0.2) is 0 Å². The molecule has 2 aromatic carbocycles. The Morgan fingerprint density at radius 1 is 1.10 bits per heavy atom. The van der Waals surface area contributed by atoms with Gasteiger partial charge in [-0.15, -0.1) is 0 Å². The molecule has 1 nitrogen and oxygen atoms in total. The number of hydrogen-bond acceptors (Lipinski definition) is 1. The summed E-state index contributed by atoms with van der Waals surface area (Å²) in [6.45, 7) is 0. The second-order valence-corrected chi connectivity index (χ2v) is 7.00. The van der Waals surface area contributed by atoms with Crippen molar-refractivity contribution in [2.45, 2.75) is 37.5 Å². The molecule has 104 valence electrons. The van der Waals surface area contributed by atoms with Crippen molar-refractivity contribution in [2.75, 3.05) is 0 Å². The molecule has 5 rings (SSSR count). The molecule has 0 saturated heterocycles. The van der Waals surface area contributed by atoms with Crippen molar-refractivity contribution in [1.82, 2.24) is 0 Å². The smallest absolute Gasteiger partial charge is 0.163 e. The maximum absolute atomic E-state index is 12.5.